The van der Waals surface area contributed by atoms with Gasteiger partial charge in [-0.05, 0) is 55.5 Å². The Morgan fingerprint density at radius 1 is 1.28 bits per heavy atom. The molecule has 0 atom stereocenters. The molecule has 1 heterocycles. The van der Waals surface area contributed by atoms with Crippen LogP contribution in [-0.2, 0) is 9.59 Å². The van der Waals surface area contributed by atoms with Crippen molar-refractivity contribution in [1.82, 2.24) is 15.1 Å². The van der Waals surface area contributed by atoms with Crippen LogP contribution in [-0.4, -0.2) is 35.2 Å². The number of halogens is 2. The lowest BCUT2D eigenvalue weighted by Gasteiger charge is -2.20. The number of nitrogens with one attached hydrogen (secondary N) is 1. The van der Waals surface area contributed by atoms with Crippen LogP contribution in [0.15, 0.2) is 54.6 Å². The van der Waals surface area contributed by atoms with Crippen molar-refractivity contribution in [3.63, 3.8) is 0 Å². The molecule has 3 rings (SSSR count). The van der Waals surface area contributed by atoms with Crippen LogP contribution in [0.3, 0.4) is 0 Å². The Hall–Kier alpha value is -3.89. The van der Waals surface area contributed by atoms with Crippen LogP contribution < -0.4 is 10.2 Å². The minimum atomic E-state index is -0.437. The fourth-order valence-electron chi connectivity index (χ4n) is 2.98. The van der Waals surface area contributed by atoms with Crippen molar-refractivity contribution in [3.8, 4) is 18.0 Å². The summed E-state index contributed by atoms with van der Waals surface area (Å²) in [6, 6.07) is 12.5. The highest BCUT2D eigenvalue weighted by atomic mass is 35.5. The molecule has 0 aliphatic rings. The normalized spacial score (nSPS) is 10.7. The number of aromatic nitrogens is 2. The standard InChI is InChI=1S/C24H20ClFN4O2/c1-4-17-6-5-7-20(14-17)29(15-22(31)27-3)23(32)13-12-21-16(2)28-30(24(21)25)19-10-8-18(26)9-11-19/h1,5-14H,15H2,2-3H3,(H,27,31). The van der Waals surface area contributed by atoms with E-state index >= 15 is 0 Å². The fraction of sp³-hybridized carbons (Fsp3) is 0.125. The van der Waals surface area contributed by atoms with Gasteiger partial charge in [0.05, 0.1) is 11.4 Å². The Morgan fingerprint density at radius 3 is 2.66 bits per heavy atom. The molecule has 0 radical (unpaired) electrons. The number of benzene rings is 2. The molecule has 3 aromatic rings. The second-order valence-corrected chi connectivity index (χ2v) is 7.16. The molecule has 0 aliphatic heterocycles. The molecule has 1 N–H and O–H groups in total. The molecule has 0 aliphatic carbocycles. The van der Waals surface area contributed by atoms with Crippen LogP contribution in [0.25, 0.3) is 11.8 Å². The SMILES string of the molecule is C#Cc1cccc(N(CC(=O)NC)C(=O)C=Cc2c(C)nn(-c3ccc(F)cc3)c2Cl)c1. The average molecular weight is 451 g/mol. The molecule has 2 aromatic carbocycles. The van der Waals surface area contributed by atoms with Crippen molar-refractivity contribution in [3.05, 3.63) is 82.4 Å². The molecule has 32 heavy (non-hydrogen) atoms. The second kappa shape index (κ2) is 9.94. The minimum absolute atomic E-state index is 0.185. The molecular weight excluding hydrogens is 431 g/mol. The zero-order valence-electron chi connectivity index (χ0n) is 17.5. The molecule has 162 valence electrons. The van der Waals surface area contributed by atoms with Crippen LogP contribution >= 0.6 is 11.6 Å². The molecule has 2 amide bonds. The first kappa shape index (κ1) is 22.8. The first-order valence-corrected chi connectivity index (χ1v) is 9.99. The lowest BCUT2D eigenvalue weighted by Crippen LogP contribution is -2.39. The van der Waals surface area contributed by atoms with E-state index in [1.807, 2.05) is 0 Å². The van der Waals surface area contributed by atoms with E-state index in [0.717, 1.165) is 0 Å². The molecule has 0 fully saturated rings. The van der Waals surface area contributed by atoms with E-state index in [1.165, 1.54) is 40.9 Å². The number of carbonyl (C=O) groups excluding carboxylic acids is 2. The van der Waals surface area contributed by atoms with Crippen molar-refractivity contribution in [1.29, 1.82) is 0 Å². The van der Waals surface area contributed by atoms with E-state index in [4.69, 9.17) is 18.0 Å². The Labute approximate surface area is 190 Å². The van der Waals surface area contributed by atoms with E-state index in [2.05, 4.69) is 16.3 Å². The quantitative estimate of drug-likeness (QED) is 0.459. The molecule has 1 aromatic heterocycles. The molecule has 0 saturated heterocycles. The van der Waals surface area contributed by atoms with Gasteiger partial charge in [-0.3, -0.25) is 14.5 Å². The molecule has 0 unspecified atom stereocenters. The maximum atomic E-state index is 13.2. The van der Waals surface area contributed by atoms with Gasteiger partial charge in [0, 0.05) is 29.9 Å². The summed E-state index contributed by atoms with van der Waals surface area (Å²) < 4.78 is 14.7. The maximum Gasteiger partial charge on any atom is 0.251 e. The average Bonchev–Trinajstić information content (AvgIpc) is 3.09. The molecule has 0 spiro atoms. The van der Waals surface area contributed by atoms with Gasteiger partial charge in [-0.25, -0.2) is 9.07 Å². The Morgan fingerprint density at radius 2 is 2.00 bits per heavy atom. The van der Waals surface area contributed by atoms with Crippen LogP contribution in [0, 0.1) is 25.1 Å². The Kier molecular flexibility index (Phi) is 7.08. The van der Waals surface area contributed by atoms with Gasteiger partial charge < -0.3 is 5.32 Å². The summed E-state index contributed by atoms with van der Waals surface area (Å²) in [4.78, 5) is 26.3. The van der Waals surface area contributed by atoms with Gasteiger partial charge in [-0.15, -0.1) is 6.42 Å². The first-order chi connectivity index (χ1) is 15.3. The summed E-state index contributed by atoms with van der Waals surface area (Å²) in [6.07, 6.45) is 8.31. The molecule has 0 saturated carbocycles. The summed E-state index contributed by atoms with van der Waals surface area (Å²) in [5.74, 6) is 1.37. The van der Waals surface area contributed by atoms with Gasteiger partial charge in [0.1, 0.15) is 17.5 Å². The number of aryl methyl sites for hydroxylation is 1. The molecule has 0 bridgehead atoms. The number of terminal acetylenes is 1. The number of hydrogen-bond donors (Lipinski definition) is 1. The number of likely N-dealkylation sites (N-methyl/N-ethyl adjacent to an activating group) is 1. The third-order valence-corrected chi connectivity index (χ3v) is 5.05. The second-order valence-electron chi connectivity index (χ2n) is 6.80. The minimum Gasteiger partial charge on any atom is -0.358 e. The number of carbonyl (C=O) groups is 2. The maximum absolute atomic E-state index is 13.2. The zero-order valence-corrected chi connectivity index (χ0v) is 18.2. The van der Waals surface area contributed by atoms with E-state index in [1.54, 1.807) is 43.3 Å². The predicted molar refractivity (Wildman–Crippen MR) is 123 cm³/mol. The van der Waals surface area contributed by atoms with E-state index in [0.29, 0.717) is 28.2 Å². The van der Waals surface area contributed by atoms with Crippen molar-refractivity contribution in [2.24, 2.45) is 0 Å². The number of amides is 2. The monoisotopic (exact) mass is 450 g/mol. The summed E-state index contributed by atoms with van der Waals surface area (Å²) in [5, 5.41) is 7.15. The number of rotatable bonds is 6. The highest BCUT2D eigenvalue weighted by Gasteiger charge is 2.18. The van der Waals surface area contributed by atoms with Crippen molar-refractivity contribution < 1.29 is 14.0 Å². The first-order valence-electron chi connectivity index (χ1n) is 9.62. The highest BCUT2D eigenvalue weighted by molar-refractivity contribution is 6.31. The lowest BCUT2D eigenvalue weighted by atomic mass is 10.2. The van der Waals surface area contributed by atoms with Crippen molar-refractivity contribution in [2.45, 2.75) is 6.92 Å². The summed E-state index contributed by atoms with van der Waals surface area (Å²) in [5.41, 5.74) is 2.76. The number of nitrogens with zero attached hydrogens (tertiary/aromatic N) is 3. The molecular formula is C24H20ClFN4O2. The Bertz CT molecular complexity index is 1230. The van der Waals surface area contributed by atoms with Crippen molar-refractivity contribution >= 4 is 35.2 Å². The van der Waals surface area contributed by atoms with Gasteiger partial charge in [0.25, 0.3) is 5.91 Å². The number of anilines is 1. The summed E-state index contributed by atoms with van der Waals surface area (Å²) >= 11 is 6.47. The molecule has 8 heteroatoms. The lowest BCUT2D eigenvalue weighted by molar-refractivity contribution is -0.121. The van der Waals surface area contributed by atoms with Gasteiger partial charge >= 0.3 is 0 Å². The third kappa shape index (κ3) is 5.05. The van der Waals surface area contributed by atoms with Crippen LogP contribution in [0.1, 0.15) is 16.8 Å². The topological polar surface area (TPSA) is 67.2 Å². The smallest absolute Gasteiger partial charge is 0.251 e. The van der Waals surface area contributed by atoms with E-state index < -0.39 is 5.91 Å². The largest absolute Gasteiger partial charge is 0.358 e. The molecule has 6 nitrogen and oxygen atoms in total. The Balaban J connectivity index is 1.92. The zero-order chi connectivity index (χ0) is 23.3. The van der Waals surface area contributed by atoms with Crippen LogP contribution in [0.4, 0.5) is 10.1 Å². The highest BCUT2D eigenvalue weighted by Crippen LogP contribution is 2.25. The third-order valence-electron chi connectivity index (χ3n) is 4.68. The van der Waals surface area contributed by atoms with Gasteiger partial charge in [0.2, 0.25) is 5.91 Å². The number of hydrogen-bond acceptors (Lipinski definition) is 3. The predicted octanol–water partition coefficient (Wildman–Crippen LogP) is 3.75. The van der Waals surface area contributed by atoms with Gasteiger partial charge in [-0.1, -0.05) is 23.6 Å². The summed E-state index contributed by atoms with van der Waals surface area (Å²) in [7, 11) is 1.49. The van der Waals surface area contributed by atoms with E-state index in [9.17, 15) is 14.0 Å². The fourth-order valence-corrected chi connectivity index (χ4v) is 3.32. The van der Waals surface area contributed by atoms with Crippen LogP contribution in [0.5, 0.6) is 0 Å². The van der Waals surface area contributed by atoms with E-state index in [-0.39, 0.29) is 23.4 Å². The van der Waals surface area contributed by atoms with Crippen molar-refractivity contribution in [2.75, 3.05) is 18.5 Å². The van der Waals surface area contributed by atoms with Gasteiger partial charge in [-0.2, -0.15) is 5.10 Å². The summed E-state index contributed by atoms with van der Waals surface area (Å²) in [6.45, 7) is 1.56. The van der Waals surface area contributed by atoms with Crippen LogP contribution in [0.2, 0.25) is 5.15 Å². The van der Waals surface area contributed by atoms with Gasteiger partial charge in [0.15, 0.2) is 0 Å².